The molecule has 1 aliphatic rings. The summed E-state index contributed by atoms with van der Waals surface area (Å²) in [6.45, 7) is 2.00. The molecule has 0 aromatic heterocycles. The minimum absolute atomic E-state index is 0.208. The molecule has 0 saturated carbocycles. The molecular weight excluding hydrogens is 272 g/mol. The molecule has 1 amide bonds. The van der Waals surface area contributed by atoms with Crippen molar-refractivity contribution in [2.24, 2.45) is 0 Å². The normalized spacial score (nSPS) is 21.2. The quantitative estimate of drug-likeness (QED) is 0.920. The fraction of sp³-hybridized carbons (Fsp3) is 0.158. The number of amides is 1. The molecule has 0 aliphatic carbocycles. The Morgan fingerprint density at radius 3 is 2.23 bits per heavy atom. The molecule has 1 heterocycles. The molecule has 0 fully saturated rings. The predicted octanol–water partition coefficient (Wildman–Crippen LogP) is 3.40. The van der Waals surface area contributed by atoms with E-state index >= 15 is 0 Å². The van der Waals surface area contributed by atoms with E-state index in [0.717, 1.165) is 16.7 Å². The van der Waals surface area contributed by atoms with Gasteiger partial charge >= 0.3 is 0 Å². The third-order valence-corrected chi connectivity index (χ3v) is 4.09. The van der Waals surface area contributed by atoms with Crippen LogP contribution in [0.25, 0.3) is 5.57 Å². The van der Waals surface area contributed by atoms with Gasteiger partial charge in [-0.3, -0.25) is 4.79 Å². The van der Waals surface area contributed by atoms with Crippen LogP contribution in [-0.2, 0) is 10.3 Å². The molecule has 3 nitrogen and oxygen atoms in total. The molecule has 2 aromatic carbocycles. The predicted molar refractivity (Wildman–Crippen MR) is 85.5 cm³/mol. The lowest BCUT2D eigenvalue weighted by Gasteiger charge is -2.36. The third-order valence-electron chi connectivity index (χ3n) is 4.09. The summed E-state index contributed by atoms with van der Waals surface area (Å²) in [5, 5.41) is 12.4. The Balaban J connectivity index is 2.11. The first-order valence-electron chi connectivity index (χ1n) is 7.21. The van der Waals surface area contributed by atoms with Crippen LogP contribution in [0.5, 0.6) is 0 Å². The molecule has 1 aliphatic heterocycles. The Morgan fingerprint density at radius 1 is 1.05 bits per heavy atom. The van der Waals surface area contributed by atoms with Crippen LogP contribution in [0.15, 0.2) is 66.2 Å². The van der Waals surface area contributed by atoms with Crippen molar-refractivity contribution < 1.29 is 4.79 Å². The Labute approximate surface area is 129 Å². The zero-order chi connectivity index (χ0) is 15.6. The van der Waals surface area contributed by atoms with Crippen molar-refractivity contribution in [3.05, 3.63) is 77.4 Å². The lowest BCUT2D eigenvalue weighted by Crippen LogP contribution is -2.47. The van der Waals surface area contributed by atoms with Crippen LogP contribution < -0.4 is 5.32 Å². The Hall–Kier alpha value is -2.86. The van der Waals surface area contributed by atoms with Gasteiger partial charge in [0.05, 0.1) is 5.54 Å². The van der Waals surface area contributed by atoms with Crippen molar-refractivity contribution >= 4 is 11.5 Å². The van der Waals surface area contributed by atoms with Crippen molar-refractivity contribution in [1.82, 2.24) is 5.32 Å². The van der Waals surface area contributed by atoms with Crippen LogP contribution >= 0.6 is 0 Å². The van der Waals surface area contributed by atoms with Crippen LogP contribution in [0.3, 0.4) is 0 Å². The molecule has 22 heavy (non-hydrogen) atoms. The molecule has 0 saturated heterocycles. The molecule has 1 N–H and O–H groups in total. The number of benzene rings is 2. The number of hydrogen-bond acceptors (Lipinski definition) is 2. The van der Waals surface area contributed by atoms with Gasteiger partial charge in [-0.15, -0.1) is 0 Å². The van der Waals surface area contributed by atoms with E-state index in [9.17, 15) is 10.1 Å². The minimum atomic E-state index is -0.510. The standard InChI is InChI=1S/C19H16N2O/c1-19(15-10-6-3-7-11-15)12-16(14-8-4-2-5-9-14)17(13-20)18(22)21-19/h2-11H,12H2,1H3,(H,21,22)/t19-/m1/s1. The summed E-state index contributed by atoms with van der Waals surface area (Å²) >= 11 is 0. The van der Waals surface area contributed by atoms with Crippen LogP contribution in [0.1, 0.15) is 24.5 Å². The maximum Gasteiger partial charge on any atom is 0.262 e. The zero-order valence-electron chi connectivity index (χ0n) is 12.3. The highest BCUT2D eigenvalue weighted by Crippen LogP contribution is 2.37. The van der Waals surface area contributed by atoms with E-state index in [2.05, 4.69) is 11.4 Å². The summed E-state index contributed by atoms with van der Waals surface area (Å²) in [5.74, 6) is -0.307. The van der Waals surface area contributed by atoms with Gasteiger partial charge in [-0.25, -0.2) is 0 Å². The van der Waals surface area contributed by atoms with Crippen molar-refractivity contribution in [1.29, 1.82) is 5.26 Å². The third kappa shape index (κ3) is 2.40. The molecule has 108 valence electrons. The molecule has 3 heteroatoms. The van der Waals surface area contributed by atoms with Gasteiger partial charge in [-0.05, 0) is 23.6 Å². The van der Waals surface area contributed by atoms with Gasteiger partial charge in [0, 0.05) is 6.42 Å². The van der Waals surface area contributed by atoms with Gasteiger partial charge in [0.15, 0.2) is 0 Å². The van der Waals surface area contributed by atoms with E-state index in [-0.39, 0.29) is 11.5 Å². The summed E-state index contributed by atoms with van der Waals surface area (Å²) in [7, 11) is 0. The first kappa shape index (κ1) is 14.1. The molecule has 0 spiro atoms. The zero-order valence-corrected chi connectivity index (χ0v) is 12.3. The van der Waals surface area contributed by atoms with Gasteiger partial charge in [-0.1, -0.05) is 60.7 Å². The number of nitriles is 1. The summed E-state index contributed by atoms with van der Waals surface area (Å²) in [6, 6.07) is 21.6. The van der Waals surface area contributed by atoms with Crippen molar-refractivity contribution in [3.63, 3.8) is 0 Å². The maximum atomic E-state index is 12.4. The van der Waals surface area contributed by atoms with Gasteiger partial charge in [0.1, 0.15) is 11.6 Å². The van der Waals surface area contributed by atoms with Crippen molar-refractivity contribution in [2.45, 2.75) is 18.9 Å². The Morgan fingerprint density at radius 2 is 1.64 bits per heavy atom. The summed E-state index contributed by atoms with van der Waals surface area (Å²) in [4.78, 5) is 12.4. The highest BCUT2D eigenvalue weighted by molar-refractivity contribution is 6.07. The fourth-order valence-electron chi connectivity index (χ4n) is 2.92. The monoisotopic (exact) mass is 288 g/mol. The molecular formula is C19H16N2O. The average Bonchev–Trinajstić information content (AvgIpc) is 2.56. The molecule has 2 aromatic rings. The summed E-state index contributed by atoms with van der Waals surface area (Å²) in [6.07, 6.45) is 0.593. The molecule has 0 radical (unpaired) electrons. The summed E-state index contributed by atoms with van der Waals surface area (Å²) in [5.41, 5.74) is 2.46. The topological polar surface area (TPSA) is 52.9 Å². The van der Waals surface area contributed by atoms with E-state index in [1.165, 1.54) is 0 Å². The van der Waals surface area contributed by atoms with Crippen LogP contribution in [-0.4, -0.2) is 5.91 Å². The van der Waals surface area contributed by atoms with Gasteiger partial charge in [0.2, 0.25) is 0 Å². The first-order valence-corrected chi connectivity index (χ1v) is 7.21. The Kier molecular flexibility index (Phi) is 3.52. The van der Waals surface area contributed by atoms with E-state index in [1.54, 1.807) is 0 Å². The minimum Gasteiger partial charge on any atom is -0.342 e. The van der Waals surface area contributed by atoms with E-state index in [0.29, 0.717) is 6.42 Å². The molecule has 0 unspecified atom stereocenters. The molecule has 1 atom stereocenters. The Bertz CT molecular complexity index is 772. The van der Waals surface area contributed by atoms with Crippen LogP contribution in [0, 0.1) is 11.3 Å². The number of hydrogen-bond donors (Lipinski definition) is 1. The highest BCUT2D eigenvalue weighted by Gasteiger charge is 2.37. The fourth-order valence-corrected chi connectivity index (χ4v) is 2.92. The van der Waals surface area contributed by atoms with Crippen molar-refractivity contribution in [3.8, 4) is 6.07 Å². The molecule has 3 rings (SSSR count). The second-order valence-electron chi connectivity index (χ2n) is 5.66. The number of nitrogens with zero attached hydrogens (tertiary/aromatic N) is 1. The van der Waals surface area contributed by atoms with E-state index < -0.39 is 5.54 Å². The second-order valence-corrected chi connectivity index (χ2v) is 5.66. The van der Waals surface area contributed by atoms with Gasteiger partial charge in [0.25, 0.3) is 5.91 Å². The summed E-state index contributed by atoms with van der Waals surface area (Å²) < 4.78 is 0. The lowest BCUT2D eigenvalue weighted by atomic mass is 9.78. The maximum absolute atomic E-state index is 12.4. The van der Waals surface area contributed by atoms with Crippen LogP contribution in [0.4, 0.5) is 0 Å². The second kappa shape index (κ2) is 5.50. The first-order chi connectivity index (χ1) is 10.6. The van der Waals surface area contributed by atoms with Crippen LogP contribution in [0.2, 0.25) is 0 Å². The van der Waals surface area contributed by atoms with Gasteiger partial charge in [-0.2, -0.15) is 5.26 Å². The number of nitrogens with one attached hydrogen (secondary N) is 1. The number of carbonyl (C=O) groups excluding carboxylic acids is 1. The van der Waals surface area contributed by atoms with Gasteiger partial charge < -0.3 is 5.32 Å². The highest BCUT2D eigenvalue weighted by atomic mass is 16.1. The lowest BCUT2D eigenvalue weighted by molar-refractivity contribution is -0.119. The molecule has 0 bridgehead atoms. The van der Waals surface area contributed by atoms with E-state index in [1.807, 2.05) is 67.6 Å². The number of carbonyl (C=O) groups is 1. The van der Waals surface area contributed by atoms with E-state index in [4.69, 9.17) is 0 Å². The average molecular weight is 288 g/mol. The largest absolute Gasteiger partial charge is 0.342 e. The van der Waals surface area contributed by atoms with Crippen molar-refractivity contribution in [2.75, 3.05) is 0 Å². The SMILES string of the molecule is C[C@]1(c2ccccc2)CC(c2ccccc2)=C(C#N)C(=O)N1. The number of rotatable bonds is 2. The smallest absolute Gasteiger partial charge is 0.262 e.